The van der Waals surface area contributed by atoms with Crippen molar-refractivity contribution in [1.29, 1.82) is 0 Å². The summed E-state index contributed by atoms with van der Waals surface area (Å²) in [5.41, 5.74) is 2.73. The fourth-order valence-electron chi connectivity index (χ4n) is 1.71. The summed E-state index contributed by atoms with van der Waals surface area (Å²) >= 11 is 0. The summed E-state index contributed by atoms with van der Waals surface area (Å²) in [5, 5.41) is 4.18. The van der Waals surface area contributed by atoms with E-state index in [0.717, 1.165) is 16.6 Å². The van der Waals surface area contributed by atoms with E-state index < -0.39 is 0 Å². The van der Waals surface area contributed by atoms with Crippen LogP contribution in [0.15, 0.2) is 24.5 Å². The first-order valence-electron chi connectivity index (χ1n) is 5.08. The minimum absolute atomic E-state index is 0.0117. The summed E-state index contributed by atoms with van der Waals surface area (Å²) in [5.74, 6) is 0.164. The molecule has 0 bridgehead atoms. The molecule has 0 aromatic carbocycles. The maximum Gasteiger partial charge on any atom is 0.169 e. The van der Waals surface area contributed by atoms with Crippen LogP contribution in [0, 0.1) is 12.8 Å². The van der Waals surface area contributed by atoms with Crippen LogP contribution < -0.4 is 0 Å². The summed E-state index contributed by atoms with van der Waals surface area (Å²) in [4.78, 5) is 11.9. The highest BCUT2D eigenvalue weighted by Crippen LogP contribution is 2.18. The van der Waals surface area contributed by atoms with E-state index in [4.69, 9.17) is 0 Å². The predicted molar refractivity (Wildman–Crippen MR) is 59.1 cm³/mol. The lowest BCUT2D eigenvalue weighted by molar-refractivity contribution is 0.0941. The number of hydrogen-bond donors (Lipinski definition) is 0. The number of hydrogen-bond acceptors (Lipinski definition) is 2. The average Bonchev–Trinajstić information content (AvgIpc) is 2.61. The van der Waals surface area contributed by atoms with Crippen LogP contribution in [0.5, 0.6) is 0 Å². The number of pyridine rings is 1. The molecule has 2 aromatic rings. The first-order valence-corrected chi connectivity index (χ1v) is 5.08. The standard InChI is InChI=1S/C12H14N2O/c1-8(2)12(15)10-7-13-14-6-4-5-9(3)11(10)14/h4-8H,1-3H3. The van der Waals surface area contributed by atoms with E-state index in [-0.39, 0.29) is 11.7 Å². The number of rotatable bonds is 2. The molecule has 0 aliphatic rings. The Kier molecular flexibility index (Phi) is 2.31. The Morgan fingerprint density at radius 1 is 1.47 bits per heavy atom. The highest BCUT2D eigenvalue weighted by molar-refractivity contribution is 6.03. The number of fused-ring (bicyclic) bond motifs is 1. The van der Waals surface area contributed by atoms with Gasteiger partial charge in [0.25, 0.3) is 0 Å². The fraction of sp³-hybridized carbons (Fsp3) is 0.333. The second-order valence-corrected chi connectivity index (χ2v) is 4.06. The van der Waals surface area contributed by atoms with Crippen molar-refractivity contribution < 1.29 is 4.79 Å². The van der Waals surface area contributed by atoms with Crippen LogP contribution in [-0.4, -0.2) is 15.4 Å². The molecule has 0 aliphatic heterocycles. The van der Waals surface area contributed by atoms with E-state index >= 15 is 0 Å². The maximum absolute atomic E-state index is 11.9. The van der Waals surface area contributed by atoms with E-state index in [1.165, 1.54) is 0 Å². The Bertz CT molecular complexity index is 511. The lowest BCUT2D eigenvalue weighted by atomic mass is 10.0. The van der Waals surface area contributed by atoms with Crippen molar-refractivity contribution >= 4 is 11.3 Å². The highest BCUT2D eigenvalue weighted by Gasteiger charge is 2.16. The number of Topliss-reactive ketones (excluding diaryl/α,β-unsaturated/α-hetero) is 1. The first kappa shape index (κ1) is 9.90. The number of carbonyl (C=O) groups excluding carboxylic acids is 1. The van der Waals surface area contributed by atoms with Crippen LogP contribution >= 0.6 is 0 Å². The molecule has 0 atom stereocenters. The zero-order valence-electron chi connectivity index (χ0n) is 9.19. The fourth-order valence-corrected chi connectivity index (χ4v) is 1.71. The lowest BCUT2D eigenvalue weighted by Crippen LogP contribution is -2.07. The van der Waals surface area contributed by atoms with E-state index in [2.05, 4.69) is 5.10 Å². The van der Waals surface area contributed by atoms with Crippen LogP contribution in [0.25, 0.3) is 5.52 Å². The Morgan fingerprint density at radius 3 is 2.87 bits per heavy atom. The zero-order chi connectivity index (χ0) is 11.0. The molecule has 0 unspecified atom stereocenters. The van der Waals surface area contributed by atoms with Gasteiger partial charge >= 0.3 is 0 Å². The molecule has 3 heteroatoms. The van der Waals surface area contributed by atoms with Crippen molar-refractivity contribution in [3.63, 3.8) is 0 Å². The molecular formula is C12H14N2O. The van der Waals surface area contributed by atoms with Crippen molar-refractivity contribution in [3.8, 4) is 0 Å². The average molecular weight is 202 g/mol. The van der Waals surface area contributed by atoms with E-state index in [9.17, 15) is 4.79 Å². The minimum atomic E-state index is 0.0117. The molecular weight excluding hydrogens is 188 g/mol. The molecule has 0 amide bonds. The van der Waals surface area contributed by atoms with Gasteiger partial charge in [0.05, 0.1) is 17.3 Å². The molecule has 0 saturated heterocycles. The van der Waals surface area contributed by atoms with Gasteiger partial charge in [-0.25, -0.2) is 4.52 Å². The van der Waals surface area contributed by atoms with Crippen molar-refractivity contribution in [3.05, 3.63) is 35.7 Å². The van der Waals surface area contributed by atoms with E-state index in [1.54, 1.807) is 10.7 Å². The molecule has 2 rings (SSSR count). The molecule has 15 heavy (non-hydrogen) atoms. The van der Waals surface area contributed by atoms with Gasteiger partial charge in [0.15, 0.2) is 5.78 Å². The van der Waals surface area contributed by atoms with Gasteiger partial charge in [0.1, 0.15) is 0 Å². The summed E-state index contributed by atoms with van der Waals surface area (Å²) in [6.45, 7) is 5.81. The van der Waals surface area contributed by atoms with Crippen molar-refractivity contribution in [2.45, 2.75) is 20.8 Å². The monoisotopic (exact) mass is 202 g/mol. The van der Waals surface area contributed by atoms with Gasteiger partial charge < -0.3 is 0 Å². The Hall–Kier alpha value is -1.64. The molecule has 2 aromatic heterocycles. The highest BCUT2D eigenvalue weighted by atomic mass is 16.1. The van der Waals surface area contributed by atoms with Crippen molar-refractivity contribution in [2.75, 3.05) is 0 Å². The summed E-state index contributed by atoms with van der Waals surface area (Å²) in [6.07, 6.45) is 3.52. The molecule has 0 saturated carbocycles. The van der Waals surface area contributed by atoms with Crippen LogP contribution in [-0.2, 0) is 0 Å². The van der Waals surface area contributed by atoms with Gasteiger partial charge in [-0.1, -0.05) is 19.9 Å². The smallest absolute Gasteiger partial charge is 0.169 e. The van der Waals surface area contributed by atoms with Gasteiger partial charge in [-0.3, -0.25) is 4.79 Å². The van der Waals surface area contributed by atoms with Crippen molar-refractivity contribution in [2.24, 2.45) is 5.92 Å². The van der Waals surface area contributed by atoms with Crippen LogP contribution in [0.2, 0.25) is 0 Å². The molecule has 0 aliphatic carbocycles. The Labute approximate surface area is 88.7 Å². The minimum Gasteiger partial charge on any atom is -0.294 e. The van der Waals surface area contributed by atoms with E-state index in [0.29, 0.717) is 0 Å². The third-order valence-corrected chi connectivity index (χ3v) is 2.53. The molecule has 0 spiro atoms. The SMILES string of the molecule is Cc1cccn2ncc(C(=O)C(C)C)c12. The largest absolute Gasteiger partial charge is 0.294 e. The van der Waals surface area contributed by atoms with Gasteiger partial charge in [0.2, 0.25) is 0 Å². The molecule has 78 valence electrons. The topological polar surface area (TPSA) is 34.4 Å². The third-order valence-electron chi connectivity index (χ3n) is 2.53. The lowest BCUT2D eigenvalue weighted by Gasteiger charge is -2.03. The zero-order valence-corrected chi connectivity index (χ0v) is 9.19. The number of aryl methyl sites for hydroxylation is 1. The van der Waals surface area contributed by atoms with E-state index in [1.807, 2.05) is 39.1 Å². The summed E-state index contributed by atoms with van der Waals surface area (Å²) < 4.78 is 1.75. The predicted octanol–water partition coefficient (Wildman–Crippen LogP) is 2.48. The molecule has 2 heterocycles. The van der Waals surface area contributed by atoms with Gasteiger partial charge in [0, 0.05) is 12.1 Å². The quantitative estimate of drug-likeness (QED) is 0.701. The third kappa shape index (κ3) is 1.54. The van der Waals surface area contributed by atoms with Gasteiger partial charge in [-0.05, 0) is 18.6 Å². The molecule has 3 nitrogen and oxygen atoms in total. The second kappa shape index (κ2) is 3.50. The van der Waals surface area contributed by atoms with Crippen molar-refractivity contribution in [1.82, 2.24) is 9.61 Å². The van der Waals surface area contributed by atoms with Crippen LogP contribution in [0.4, 0.5) is 0 Å². The van der Waals surface area contributed by atoms with Gasteiger partial charge in [-0.2, -0.15) is 5.10 Å². The number of ketones is 1. The second-order valence-electron chi connectivity index (χ2n) is 4.06. The molecule has 0 fully saturated rings. The Balaban J connectivity index is 2.67. The number of aromatic nitrogens is 2. The normalized spacial score (nSPS) is 11.2. The summed E-state index contributed by atoms with van der Waals surface area (Å²) in [7, 11) is 0. The summed E-state index contributed by atoms with van der Waals surface area (Å²) in [6, 6.07) is 3.92. The number of carbonyl (C=O) groups is 1. The van der Waals surface area contributed by atoms with Crippen LogP contribution in [0.3, 0.4) is 0 Å². The maximum atomic E-state index is 11.9. The Morgan fingerprint density at radius 2 is 2.20 bits per heavy atom. The van der Waals surface area contributed by atoms with Crippen LogP contribution in [0.1, 0.15) is 29.8 Å². The molecule has 0 N–H and O–H groups in total. The number of nitrogens with zero attached hydrogens (tertiary/aromatic N) is 2. The van der Waals surface area contributed by atoms with Gasteiger partial charge in [-0.15, -0.1) is 0 Å². The molecule has 0 radical (unpaired) electrons. The first-order chi connectivity index (χ1) is 7.11.